The van der Waals surface area contributed by atoms with E-state index in [9.17, 15) is 4.79 Å². The minimum absolute atomic E-state index is 0.0712. The first kappa shape index (κ1) is 21.7. The van der Waals surface area contributed by atoms with Crippen LogP contribution in [0.5, 0.6) is 5.75 Å². The van der Waals surface area contributed by atoms with Crippen molar-refractivity contribution in [1.29, 1.82) is 0 Å². The van der Waals surface area contributed by atoms with Gasteiger partial charge in [-0.25, -0.2) is 0 Å². The third kappa shape index (κ3) is 4.62. The summed E-state index contributed by atoms with van der Waals surface area (Å²) in [6.45, 7) is -0.0712. The van der Waals surface area contributed by atoms with E-state index in [0.29, 0.717) is 16.5 Å². The van der Waals surface area contributed by atoms with E-state index in [4.69, 9.17) is 21.4 Å². The van der Waals surface area contributed by atoms with Crippen LogP contribution in [0.25, 0.3) is 0 Å². The molecule has 34 heavy (non-hydrogen) atoms. The van der Waals surface area contributed by atoms with Gasteiger partial charge in [0.25, 0.3) is 5.91 Å². The Morgan fingerprint density at radius 3 is 2.53 bits per heavy atom. The summed E-state index contributed by atoms with van der Waals surface area (Å²) in [5, 5.41) is 6.81. The smallest absolute Gasteiger partial charge is 0.262 e. The highest BCUT2D eigenvalue weighted by Crippen LogP contribution is 2.41. The molecule has 2 N–H and O–H groups in total. The molecule has 2 aromatic heterocycles. The summed E-state index contributed by atoms with van der Waals surface area (Å²) in [5.74, 6) is 1.19. The molecule has 1 aliphatic heterocycles. The molecule has 0 unspecified atom stereocenters. The number of ether oxygens (including phenoxy) is 1. The SMILES string of the molecule is O=C(COc1ccccc1)Nc1ccc(N2C(=S)N[C@@H](c3ccccn3)[C@@H]2c2ccco2)cc1. The molecule has 0 aliphatic carbocycles. The van der Waals surface area contributed by atoms with E-state index in [-0.39, 0.29) is 24.6 Å². The lowest BCUT2D eigenvalue weighted by Crippen LogP contribution is -2.29. The number of hydrogen-bond acceptors (Lipinski definition) is 5. The van der Waals surface area contributed by atoms with Crippen molar-refractivity contribution in [2.24, 2.45) is 0 Å². The Hall–Kier alpha value is -4.17. The summed E-state index contributed by atoms with van der Waals surface area (Å²) in [4.78, 5) is 18.8. The number of nitrogens with one attached hydrogen (secondary N) is 2. The maximum atomic E-state index is 12.3. The van der Waals surface area contributed by atoms with Gasteiger partial charge in [0.1, 0.15) is 17.6 Å². The van der Waals surface area contributed by atoms with Crippen LogP contribution in [0, 0.1) is 0 Å². The number of rotatable bonds is 7. The van der Waals surface area contributed by atoms with Crippen molar-refractivity contribution < 1.29 is 13.9 Å². The summed E-state index contributed by atoms with van der Waals surface area (Å²) in [7, 11) is 0. The average Bonchev–Trinajstić information content (AvgIpc) is 3.52. The van der Waals surface area contributed by atoms with Crippen molar-refractivity contribution in [2.75, 3.05) is 16.8 Å². The molecule has 3 heterocycles. The molecule has 1 saturated heterocycles. The zero-order chi connectivity index (χ0) is 23.3. The van der Waals surface area contributed by atoms with Crippen LogP contribution in [0.15, 0.2) is 102 Å². The number of carbonyl (C=O) groups excluding carboxylic acids is 1. The van der Waals surface area contributed by atoms with Gasteiger partial charge >= 0.3 is 0 Å². The lowest BCUT2D eigenvalue weighted by Gasteiger charge is -2.26. The zero-order valence-corrected chi connectivity index (χ0v) is 18.9. The number of benzene rings is 2. The van der Waals surface area contributed by atoms with E-state index in [1.165, 1.54) is 0 Å². The summed E-state index contributed by atoms with van der Waals surface area (Å²) in [6.07, 6.45) is 3.42. The molecule has 4 aromatic rings. The predicted molar refractivity (Wildman–Crippen MR) is 134 cm³/mol. The summed E-state index contributed by atoms with van der Waals surface area (Å²) >= 11 is 5.69. The fourth-order valence-electron chi connectivity index (χ4n) is 3.95. The summed E-state index contributed by atoms with van der Waals surface area (Å²) < 4.78 is 11.3. The van der Waals surface area contributed by atoms with Crippen LogP contribution < -0.4 is 20.3 Å². The van der Waals surface area contributed by atoms with Gasteiger partial charge < -0.3 is 24.7 Å². The van der Waals surface area contributed by atoms with E-state index in [1.807, 2.05) is 89.8 Å². The van der Waals surface area contributed by atoms with Crippen LogP contribution in [-0.4, -0.2) is 22.6 Å². The second-order valence-electron chi connectivity index (χ2n) is 7.71. The molecule has 2 atom stereocenters. The van der Waals surface area contributed by atoms with Gasteiger partial charge in [0.2, 0.25) is 0 Å². The third-order valence-electron chi connectivity index (χ3n) is 5.48. The number of carbonyl (C=O) groups is 1. The Kier molecular flexibility index (Phi) is 6.22. The molecule has 1 amide bonds. The first-order valence-corrected chi connectivity index (χ1v) is 11.2. The standard InChI is InChI=1S/C26H22N4O3S/c31-23(17-33-20-7-2-1-3-8-20)28-18-11-13-19(14-12-18)30-25(22-10-6-16-32-22)24(29-26(30)34)21-9-4-5-15-27-21/h1-16,24-25H,17H2,(H,28,31)(H,29,34)/t24-,25-/m0/s1. The van der Waals surface area contributed by atoms with E-state index in [2.05, 4.69) is 15.6 Å². The van der Waals surface area contributed by atoms with E-state index in [1.54, 1.807) is 12.5 Å². The second kappa shape index (κ2) is 9.76. The average molecular weight is 471 g/mol. The number of para-hydroxylation sites is 1. The van der Waals surface area contributed by atoms with Crippen LogP contribution in [0.4, 0.5) is 11.4 Å². The number of pyridine rings is 1. The molecular weight excluding hydrogens is 448 g/mol. The summed E-state index contributed by atoms with van der Waals surface area (Å²) in [5.41, 5.74) is 2.41. The van der Waals surface area contributed by atoms with Gasteiger partial charge in [-0.1, -0.05) is 24.3 Å². The molecule has 8 heteroatoms. The second-order valence-corrected chi connectivity index (χ2v) is 8.10. The number of furan rings is 1. The predicted octanol–water partition coefficient (Wildman–Crippen LogP) is 4.87. The van der Waals surface area contributed by atoms with Gasteiger partial charge in [-0.05, 0) is 72.9 Å². The molecule has 0 bridgehead atoms. The normalized spacial score (nSPS) is 17.3. The van der Waals surface area contributed by atoms with Crippen molar-refractivity contribution in [1.82, 2.24) is 10.3 Å². The van der Waals surface area contributed by atoms with Crippen molar-refractivity contribution >= 4 is 34.6 Å². The largest absolute Gasteiger partial charge is 0.484 e. The Morgan fingerprint density at radius 2 is 1.82 bits per heavy atom. The number of hydrogen-bond donors (Lipinski definition) is 2. The molecule has 1 fully saturated rings. The van der Waals surface area contributed by atoms with Crippen molar-refractivity contribution in [3.63, 3.8) is 0 Å². The quantitative estimate of drug-likeness (QED) is 0.373. The van der Waals surface area contributed by atoms with E-state index < -0.39 is 0 Å². The molecule has 7 nitrogen and oxygen atoms in total. The Labute approximate surface area is 202 Å². The van der Waals surface area contributed by atoms with Crippen molar-refractivity contribution in [3.05, 3.63) is 109 Å². The topological polar surface area (TPSA) is 79.6 Å². The van der Waals surface area contributed by atoms with Crippen LogP contribution in [-0.2, 0) is 4.79 Å². The number of nitrogens with zero attached hydrogens (tertiary/aromatic N) is 2. The number of thiocarbonyl (C=S) groups is 1. The van der Waals surface area contributed by atoms with Crippen LogP contribution in [0.3, 0.4) is 0 Å². The Morgan fingerprint density at radius 1 is 1.03 bits per heavy atom. The van der Waals surface area contributed by atoms with Gasteiger partial charge in [0.15, 0.2) is 11.7 Å². The monoisotopic (exact) mass is 470 g/mol. The third-order valence-corrected chi connectivity index (χ3v) is 5.79. The zero-order valence-electron chi connectivity index (χ0n) is 18.1. The lowest BCUT2D eigenvalue weighted by molar-refractivity contribution is -0.118. The molecule has 0 saturated carbocycles. The lowest BCUT2D eigenvalue weighted by atomic mass is 10.0. The van der Waals surface area contributed by atoms with Crippen molar-refractivity contribution in [3.8, 4) is 5.75 Å². The van der Waals surface area contributed by atoms with Crippen LogP contribution in [0.2, 0.25) is 0 Å². The number of amides is 1. The van der Waals surface area contributed by atoms with E-state index in [0.717, 1.165) is 17.1 Å². The molecule has 0 radical (unpaired) electrons. The molecular formula is C26H22N4O3S. The summed E-state index contributed by atoms with van der Waals surface area (Å²) in [6, 6.07) is 26.0. The molecule has 0 spiro atoms. The minimum Gasteiger partial charge on any atom is -0.484 e. The van der Waals surface area contributed by atoms with Crippen molar-refractivity contribution in [2.45, 2.75) is 12.1 Å². The minimum atomic E-state index is -0.237. The molecule has 170 valence electrons. The fourth-order valence-corrected chi connectivity index (χ4v) is 4.30. The molecule has 2 aromatic carbocycles. The first-order valence-electron chi connectivity index (χ1n) is 10.8. The van der Waals surface area contributed by atoms with Gasteiger partial charge in [-0.15, -0.1) is 0 Å². The Balaban J connectivity index is 1.32. The highest BCUT2D eigenvalue weighted by Gasteiger charge is 2.42. The van der Waals surface area contributed by atoms with Crippen LogP contribution >= 0.6 is 12.2 Å². The molecule has 1 aliphatic rings. The molecule has 5 rings (SSSR count). The fraction of sp³-hybridized carbons (Fsp3) is 0.115. The van der Waals surface area contributed by atoms with Crippen LogP contribution in [0.1, 0.15) is 23.5 Å². The van der Waals surface area contributed by atoms with E-state index >= 15 is 0 Å². The Bertz CT molecular complexity index is 1250. The first-order chi connectivity index (χ1) is 16.7. The number of anilines is 2. The highest BCUT2D eigenvalue weighted by atomic mass is 32.1. The van der Waals surface area contributed by atoms with Gasteiger partial charge in [0.05, 0.1) is 18.0 Å². The number of aromatic nitrogens is 1. The maximum Gasteiger partial charge on any atom is 0.262 e. The van der Waals surface area contributed by atoms with Gasteiger partial charge in [-0.2, -0.15) is 0 Å². The maximum absolute atomic E-state index is 12.3. The van der Waals surface area contributed by atoms with Gasteiger partial charge in [0, 0.05) is 17.6 Å². The van der Waals surface area contributed by atoms with Gasteiger partial charge in [-0.3, -0.25) is 9.78 Å². The highest BCUT2D eigenvalue weighted by molar-refractivity contribution is 7.80.